The molecule has 2 aromatic carbocycles. The molecule has 0 saturated carbocycles. The first-order valence-electron chi connectivity index (χ1n) is 6.24. The zero-order chi connectivity index (χ0) is 15.5. The summed E-state index contributed by atoms with van der Waals surface area (Å²) in [7, 11) is -3.62. The highest BCUT2D eigenvalue weighted by molar-refractivity contribution is 9.10. The minimum Gasteiger partial charge on any atom is -0.385 e. The normalized spacial score (nSPS) is 11.2. The average molecular weight is 390 g/mol. The Kier molecular flexibility index (Phi) is 5.13. The largest absolute Gasteiger partial charge is 0.385 e. The van der Waals surface area contributed by atoms with Crippen LogP contribution >= 0.6 is 27.5 Å². The Balaban J connectivity index is 2.23. The fraction of sp³-hybridized carbons (Fsp3) is 0.143. The Labute approximate surface area is 137 Å². The predicted octanol–water partition coefficient (Wildman–Crippen LogP) is 4.34. The summed E-state index contributed by atoms with van der Waals surface area (Å²) in [6.45, 7) is 2.76. The van der Waals surface area contributed by atoms with Crippen molar-refractivity contribution >= 4 is 48.9 Å². The minimum atomic E-state index is -3.62. The molecule has 0 bridgehead atoms. The van der Waals surface area contributed by atoms with Gasteiger partial charge in [0.2, 0.25) is 0 Å². The van der Waals surface area contributed by atoms with E-state index in [-0.39, 0.29) is 4.90 Å². The van der Waals surface area contributed by atoms with Crippen LogP contribution < -0.4 is 10.0 Å². The number of benzene rings is 2. The van der Waals surface area contributed by atoms with Crippen LogP contribution in [0, 0.1) is 0 Å². The summed E-state index contributed by atoms with van der Waals surface area (Å²) in [5, 5.41) is 3.63. The molecule has 0 aliphatic carbocycles. The molecule has 0 atom stereocenters. The molecule has 7 heteroatoms. The molecule has 0 unspecified atom stereocenters. The van der Waals surface area contributed by atoms with Gasteiger partial charge in [0.25, 0.3) is 10.0 Å². The van der Waals surface area contributed by atoms with Gasteiger partial charge in [-0.05, 0) is 65.3 Å². The second-order valence-electron chi connectivity index (χ2n) is 4.29. The molecule has 0 amide bonds. The number of halogens is 2. The third-order valence-corrected chi connectivity index (χ3v) is 5.33. The highest BCUT2D eigenvalue weighted by Crippen LogP contribution is 2.27. The first-order chi connectivity index (χ1) is 9.92. The van der Waals surface area contributed by atoms with Crippen molar-refractivity contribution in [3.8, 4) is 0 Å². The summed E-state index contributed by atoms with van der Waals surface area (Å²) in [5.41, 5.74) is 1.33. The van der Waals surface area contributed by atoms with Gasteiger partial charge in [0.1, 0.15) is 0 Å². The van der Waals surface area contributed by atoms with Gasteiger partial charge in [-0.3, -0.25) is 4.72 Å². The van der Waals surface area contributed by atoms with E-state index < -0.39 is 10.0 Å². The molecule has 0 aromatic heterocycles. The van der Waals surface area contributed by atoms with E-state index in [1.807, 2.05) is 6.92 Å². The lowest BCUT2D eigenvalue weighted by Gasteiger charge is -2.10. The van der Waals surface area contributed by atoms with Crippen LogP contribution in [0.25, 0.3) is 0 Å². The number of anilines is 2. The van der Waals surface area contributed by atoms with Gasteiger partial charge in [-0.1, -0.05) is 11.6 Å². The molecule has 21 heavy (non-hydrogen) atoms. The monoisotopic (exact) mass is 388 g/mol. The molecule has 0 aliphatic rings. The van der Waals surface area contributed by atoms with Gasteiger partial charge in [-0.2, -0.15) is 0 Å². The van der Waals surface area contributed by atoms with Crippen LogP contribution in [0.5, 0.6) is 0 Å². The van der Waals surface area contributed by atoms with Gasteiger partial charge in [0, 0.05) is 16.7 Å². The molecule has 4 nitrogen and oxygen atoms in total. The maximum absolute atomic E-state index is 12.3. The topological polar surface area (TPSA) is 58.2 Å². The molecule has 0 radical (unpaired) electrons. The molecular weight excluding hydrogens is 376 g/mol. The van der Waals surface area contributed by atoms with E-state index in [1.165, 1.54) is 0 Å². The standard InChI is InChI=1S/C14H14BrClN2O2S/c1-2-17-10-3-6-12(7-4-10)21(19,20)18-11-5-8-14(16)13(15)9-11/h3-9,17-18H,2H2,1H3. The maximum Gasteiger partial charge on any atom is 0.261 e. The third kappa shape index (κ3) is 4.12. The van der Waals surface area contributed by atoms with Gasteiger partial charge in [-0.25, -0.2) is 8.42 Å². The summed E-state index contributed by atoms with van der Waals surface area (Å²) >= 11 is 9.15. The number of rotatable bonds is 5. The third-order valence-electron chi connectivity index (χ3n) is 2.72. The summed E-state index contributed by atoms with van der Waals surface area (Å²) in [4.78, 5) is 0.204. The lowest BCUT2D eigenvalue weighted by molar-refractivity contribution is 0.601. The van der Waals surface area contributed by atoms with E-state index in [9.17, 15) is 8.42 Å². The maximum atomic E-state index is 12.3. The van der Waals surface area contributed by atoms with Crippen molar-refractivity contribution in [1.82, 2.24) is 0 Å². The Bertz CT molecular complexity index is 733. The van der Waals surface area contributed by atoms with Crippen LogP contribution in [0.3, 0.4) is 0 Å². The highest BCUT2D eigenvalue weighted by atomic mass is 79.9. The lowest BCUT2D eigenvalue weighted by Crippen LogP contribution is -2.13. The van der Waals surface area contributed by atoms with E-state index >= 15 is 0 Å². The van der Waals surface area contributed by atoms with Crippen molar-refractivity contribution < 1.29 is 8.42 Å². The minimum absolute atomic E-state index is 0.204. The molecular formula is C14H14BrClN2O2S. The van der Waals surface area contributed by atoms with Crippen LogP contribution in [-0.4, -0.2) is 15.0 Å². The van der Waals surface area contributed by atoms with Crippen LogP contribution in [-0.2, 0) is 10.0 Å². The lowest BCUT2D eigenvalue weighted by atomic mass is 10.3. The van der Waals surface area contributed by atoms with Gasteiger partial charge in [0.15, 0.2) is 0 Å². The Morgan fingerprint density at radius 3 is 2.29 bits per heavy atom. The van der Waals surface area contributed by atoms with Gasteiger partial charge in [0.05, 0.1) is 15.6 Å². The SMILES string of the molecule is CCNc1ccc(S(=O)(=O)Nc2ccc(Cl)c(Br)c2)cc1. The first kappa shape index (κ1) is 16.1. The van der Waals surface area contributed by atoms with E-state index in [0.29, 0.717) is 15.2 Å². The number of sulfonamides is 1. The van der Waals surface area contributed by atoms with Gasteiger partial charge < -0.3 is 5.32 Å². The Morgan fingerprint density at radius 2 is 1.71 bits per heavy atom. The van der Waals surface area contributed by atoms with Crippen LogP contribution in [0.1, 0.15) is 6.92 Å². The zero-order valence-corrected chi connectivity index (χ0v) is 14.4. The van der Waals surface area contributed by atoms with E-state index in [1.54, 1.807) is 42.5 Å². The molecule has 2 aromatic rings. The van der Waals surface area contributed by atoms with Crippen molar-refractivity contribution in [1.29, 1.82) is 0 Å². The molecule has 2 rings (SSSR count). The summed E-state index contributed by atoms with van der Waals surface area (Å²) in [5.74, 6) is 0. The molecule has 0 saturated heterocycles. The molecule has 0 spiro atoms. The van der Waals surface area contributed by atoms with Crippen LogP contribution in [0.15, 0.2) is 51.8 Å². The number of nitrogens with one attached hydrogen (secondary N) is 2. The van der Waals surface area contributed by atoms with Crippen molar-refractivity contribution in [2.75, 3.05) is 16.6 Å². The van der Waals surface area contributed by atoms with Crippen molar-refractivity contribution in [2.24, 2.45) is 0 Å². The molecule has 0 heterocycles. The Hall–Kier alpha value is -1.24. The number of hydrogen-bond acceptors (Lipinski definition) is 3. The van der Waals surface area contributed by atoms with Crippen molar-refractivity contribution in [3.05, 3.63) is 52.0 Å². The van der Waals surface area contributed by atoms with E-state index in [4.69, 9.17) is 11.6 Å². The smallest absolute Gasteiger partial charge is 0.261 e. The predicted molar refractivity (Wildman–Crippen MR) is 90.6 cm³/mol. The van der Waals surface area contributed by atoms with Crippen LogP contribution in [0.2, 0.25) is 5.02 Å². The number of hydrogen-bond donors (Lipinski definition) is 2. The van der Waals surface area contributed by atoms with Crippen molar-refractivity contribution in [2.45, 2.75) is 11.8 Å². The summed E-state index contributed by atoms with van der Waals surface area (Å²) in [6, 6.07) is 11.4. The summed E-state index contributed by atoms with van der Waals surface area (Å²) < 4.78 is 27.7. The van der Waals surface area contributed by atoms with Crippen molar-refractivity contribution in [3.63, 3.8) is 0 Å². The molecule has 2 N–H and O–H groups in total. The van der Waals surface area contributed by atoms with Gasteiger partial charge in [-0.15, -0.1) is 0 Å². The Morgan fingerprint density at radius 1 is 1.10 bits per heavy atom. The molecule has 0 fully saturated rings. The fourth-order valence-corrected chi connectivity index (χ4v) is 3.28. The quantitative estimate of drug-likeness (QED) is 0.800. The molecule has 0 aliphatic heterocycles. The first-order valence-corrected chi connectivity index (χ1v) is 8.89. The zero-order valence-electron chi connectivity index (χ0n) is 11.2. The van der Waals surface area contributed by atoms with Gasteiger partial charge >= 0.3 is 0 Å². The highest BCUT2D eigenvalue weighted by Gasteiger charge is 2.14. The van der Waals surface area contributed by atoms with E-state index in [0.717, 1.165) is 12.2 Å². The van der Waals surface area contributed by atoms with E-state index in [2.05, 4.69) is 26.0 Å². The summed E-state index contributed by atoms with van der Waals surface area (Å²) in [6.07, 6.45) is 0. The molecule has 112 valence electrons. The van der Waals surface area contributed by atoms with Crippen LogP contribution in [0.4, 0.5) is 11.4 Å². The average Bonchev–Trinajstić information content (AvgIpc) is 2.44. The fourth-order valence-electron chi connectivity index (χ4n) is 1.73. The second-order valence-corrected chi connectivity index (χ2v) is 7.23. The second kappa shape index (κ2) is 6.68.